The van der Waals surface area contributed by atoms with Gasteiger partial charge < -0.3 is 9.05 Å². The van der Waals surface area contributed by atoms with Gasteiger partial charge in [0.2, 0.25) is 0 Å². The topological polar surface area (TPSA) is 18.5 Å². The van der Waals surface area contributed by atoms with E-state index >= 15 is 0 Å². The van der Waals surface area contributed by atoms with Gasteiger partial charge in [0.05, 0.1) is 18.3 Å². The van der Waals surface area contributed by atoms with Gasteiger partial charge in [0.1, 0.15) is 11.5 Å². The zero-order chi connectivity index (χ0) is 17.6. The molecule has 0 saturated carbocycles. The quantitative estimate of drug-likeness (QED) is 0.427. The van der Waals surface area contributed by atoms with Crippen LogP contribution in [0.1, 0.15) is 18.1 Å². The third-order valence-electron chi connectivity index (χ3n) is 3.91. The van der Waals surface area contributed by atoms with Crippen molar-refractivity contribution in [3.63, 3.8) is 0 Å². The van der Waals surface area contributed by atoms with Crippen molar-refractivity contribution < 1.29 is 9.05 Å². The van der Waals surface area contributed by atoms with Gasteiger partial charge in [-0.2, -0.15) is 0 Å². The lowest BCUT2D eigenvalue weighted by Gasteiger charge is -2.17. The van der Waals surface area contributed by atoms with Gasteiger partial charge >= 0.3 is 0 Å². The number of halogens is 1. The van der Waals surface area contributed by atoms with Crippen LogP contribution in [0.5, 0.6) is 11.5 Å². The minimum absolute atomic E-state index is 0.290. The summed E-state index contributed by atoms with van der Waals surface area (Å²) < 4.78 is 11.6. The Hall–Kier alpha value is -1.59. The van der Waals surface area contributed by atoms with Gasteiger partial charge in [-0.05, 0) is 29.8 Å². The first-order chi connectivity index (χ1) is 12.2. The highest BCUT2D eigenvalue weighted by Crippen LogP contribution is 2.42. The summed E-state index contributed by atoms with van der Waals surface area (Å²) in [5.41, 5.74) is 3.54. The molecule has 0 fully saturated rings. The molecule has 0 spiro atoms. The van der Waals surface area contributed by atoms with Crippen molar-refractivity contribution in [2.24, 2.45) is 0 Å². The molecule has 3 unspecified atom stereocenters. The molecule has 25 heavy (non-hydrogen) atoms. The molecule has 0 aliphatic carbocycles. The van der Waals surface area contributed by atoms with Crippen LogP contribution < -0.4 is 9.05 Å². The van der Waals surface area contributed by atoms with E-state index in [4.69, 9.17) is 20.6 Å². The van der Waals surface area contributed by atoms with Crippen LogP contribution in [-0.4, -0.2) is 0 Å². The lowest BCUT2D eigenvalue weighted by Crippen LogP contribution is -1.91. The fraction of sp³-hybridized carbons (Fsp3) is 0.100. The fourth-order valence-corrected chi connectivity index (χ4v) is 3.68. The van der Waals surface area contributed by atoms with Gasteiger partial charge in [-0.3, -0.25) is 0 Å². The van der Waals surface area contributed by atoms with Crippen molar-refractivity contribution in [3.05, 3.63) is 83.4 Å². The average molecular weight is 389 g/mol. The lowest BCUT2D eigenvalue weighted by atomic mass is 10.0. The molecule has 0 aliphatic rings. The van der Waals surface area contributed by atoms with E-state index in [-0.39, 0.29) is 0 Å². The zero-order valence-electron chi connectivity index (χ0n) is 13.8. The maximum atomic E-state index is 6.17. The standard InChI is InChI=1S/C20H19ClO2P2/c1-14(15-10-12-16(21)13-11-15)25-23-20-9-5-3-7-18(20)17-6-2-4-8-19(17)22-24/h2-14,25H,24H2,1H3. The van der Waals surface area contributed by atoms with E-state index in [1.165, 1.54) is 5.56 Å². The average Bonchev–Trinajstić information content (AvgIpc) is 2.67. The highest BCUT2D eigenvalue weighted by Gasteiger charge is 2.13. The predicted octanol–water partition coefficient (Wildman–Crippen LogP) is 6.91. The van der Waals surface area contributed by atoms with Crippen molar-refractivity contribution in [2.45, 2.75) is 12.6 Å². The summed E-state index contributed by atoms with van der Waals surface area (Å²) in [4.78, 5) is 0. The van der Waals surface area contributed by atoms with E-state index in [1.54, 1.807) is 0 Å². The van der Waals surface area contributed by atoms with Crippen LogP contribution in [0, 0.1) is 0 Å². The maximum absolute atomic E-state index is 6.17. The second kappa shape index (κ2) is 8.68. The van der Waals surface area contributed by atoms with Crippen LogP contribution in [0.3, 0.4) is 0 Å². The summed E-state index contributed by atoms with van der Waals surface area (Å²) in [6.45, 7) is 2.16. The molecule has 3 rings (SSSR count). The smallest absolute Gasteiger partial charge is 0.130 e. The Morgan fingerprint density at radius 2 is 1.40 bits per heavy atom. The van der Waals surface area contributed by atoms with Crippen molar-refractivity contribution in [1.82, 2.24) is 0 Å². The molecule has 3 aromatic carbocycles. The molecular weight excluding hydrogens is 370 g/mol. The number of benzene rings is 3. The van der Waals surface area contributed by atoms with Gasteiger partial charge in [0.15, 0.2) is 0 Å². The van der Waals surface area contributed by atoms with E-state index in [0.29, 0.717) is 14.5 Å². The van der Waals surface area contributed by atoms with Crippen molar-refractivity contribution in [1.29, 1.82) is 0 Å². The first kappa shape index (κ1) is 18.2. The molecule has 128 valence electrons. The highest BCUT2D eigenvalue weighted by molar-refractivity contribution is 7.33. The van der Waals surface area contributed by atoms with Gasteiger partial charge in [-0.15, -0.1) is 0 Å². The van der Waals surface area contributed by atoms with E-state index in [2.05, 4.69) is 22.5 Å². The second-order valence-electron chi connectivity index (χ2n) is 5.60. The van der Waals surface area contributed by atoms with Crippen molar-refractivity contribution in [3.8, 4) is 22.6 Å². The molecule has 0 saturated heterocycles. The Bertz CT molecular complexity index is 837. The molecule has 0 bridgehead atoms. The number of hydrogen-bond donors (Lipinski definition) is 0. The molecule has 0 N–H and O–H groups in total. The first-order valence-corrected chi connectivity index (χ1v) is 9.75. The first-order valence-electron chi connectivity index (χ1n) is 7.92. The number of hydrogen-bond acceptors (Lipinski definition) is 2. The molecule has 0 aliphatic heterocycles. The zero-order valence-corrected chi connectivity index (χ0v) is 16.7. The van der Waals surface area contributed by atoms with E-state index in [9.17, 15) is 0 Å². The normalized spacial score (nSPS) is 12.3. The molecule has 0 amide bonds. The largest absolute Gasteiger partial charge is 0.480 e. The molecule has 3 aromatic rings. The molecular formula is C20H19ClO2P2. The van der Waals surface area contributed by atoms with Crippen molar-refractivity contribution >= 4 is 29.9 Å². The van der Waals surface area contributed by atoms with Crippen LogP contribution >= 0.6 is 29.9 Å². The number of rotatable bonds is 6. The Kier molecular flexibility index (Phi) is 6.32. The Balaban J connectivity index is 1.81. The van der Waals surface area contributed by atoms with Gasteiger partial charge in [0, 0.05) is 21.8 Å². The van der Waals surface area contributed by atoms with E-state index < -0.39 is 0 Å². The summed E-state index contributed by atoms with van der Waals surface area (Å²) in [5, 5.41) is 0.750. The second-order valence-corrected chi connectivity index (χ2v) is 7.58. The lowest BCUT2D eigenvalue weighted by molar-refractivity contribution is 0.620. The summed E-state index contributed by atoms with van der Waals surface area (Å²) >= 11 is 5.96. The molecule has 0 aromatic heterocycles. The minimum atomic E-state index is 0.290. The molecule has 5 heteroatoms. The Morgan fingerprint density at radius 3 is 2.04 bits per heavy atom. The third-order valence-corrected chi connectivity index (χ3v) is 5.44. The van der Waals surface area contributed by atoms with Gasteiger partial charge in [-0.1, -0.05) is 67.1 Å². The third kappa shape index (κ3) is 4.53. The summed E-state index contributed by atoms with van der Waals surface area (Å²) in [6.07, 6.45) is 0. The number of para-hydroxylation sites is 2. The Labute approximate surface area is 157 Å². The fourth-order valence-electron chi connectivity index (χ4n) is 2.54. The summed E-state index contributed by atoms with van der Waals surface area (Å²) in [7, 11) is 2.61. The van der Waals surface area contributed by atoms with Crippen LogP contribution in [0.4, 0.5) is 0 Å². The SMILES string of the molecule is CC(POc1ccccc1-c1ccccc1OP)c1ccc(Cl)cc1. The van der Waals surface area contributed by atoms with Crippen LogP contribution in [-0.2, 0) is 0 Å². The highest BCUT2D eigenvalue weighted by atomic mass is 35.5. The van der Waals surface area contributed by atoms with Crippen LogP contribution in [0.15, 0.2) is 72.8 Å². The maximum Gasteiger partial charge on any atom is 0.130 e. The van der Waals surface area contributed by atoms with Gasteiger partial charge in [-0.25, -0.2) is 0 Å². The van der Waals surface area contributed by atoms with E-state index in [0.717, 1.165) is 27.6 Å². The molecule has 0 radical (unpaired) electrons. The summed E-state index contributed by atoms with van der Waals surface area (Å²) in [5.74, 6) is 1.66. The van der Waals surface area contributed by atoms with Crippen LogP contribution in [0.2, 0.25) is 5.02 Å². The molecule has 2 nitrogen and oxygen atoms in total. The van der Waals surface area contributed by atoms with Crippen LogP contribution in [0.25, 0.3) is 11.1 Å². The predicted molar refractivity (Wildman–Crippen MR) is 111 cm³/mol. The minimum Gasteiger partial charge on any atom is -0.480 e. The van der Waals surface area contributed by atoms with Crippen molar-refractivity contribution in [2.75, 3.05) is 0 Å². The van der Waals surface area contributed by atoms with E-state index in [1.807, 2.05) is 66.7 Å². The monoisotopic (exact) mass is 388 g/mol. The molecule has 3 atom stereocenters. The molecule has 0 heterocycles. The Morgan fingerprint density at radius 1 is 0.840 bits per heavy atom. The summed E-state index contributed by atoms with van der Waals surface area (Å²) in [6, 6.07) is 23.9. The van der Waals surface area contributed by atoms with Gasteiger partial charge in [0.25, 0.3) is 0 Å².